The minimum Gasteiger partial charge on any atom is -0.480 e. The van der Waals surface area contributed by atoms with E-state index in [4.69, 9.17) is 29.4 Å². The number of ether oxygens (including phenoxy) is 2. The van der Waals surface area contributed by atoms with Gasteiger partial charge in [0.05, 0.1) is 19.8 Å². The van der Waals surface area contributed by atoms with Crippen LogP contribution in [0.3, 0.4) is 0 Å². The van der Waals surface area contributed by atoms with Gasteiger partial charge in [-0.3, -0.25) is 18.6 Å². The number of aliphatic carboxylic acids is 1. The molecule has 0 bridgehead atoms. The molecule has 0 rings (SSSR count). The first-order valence-electron chi connectivity index (χ1n) is 22.7. The molecule has 0 saturated carbocycles. The number of carbonyl (C=O) groups excluding carboxylic acids is 1. The highest BCUT2D eigenvalue weighted by molar-refractivity contribution is 7.47. The zero-order valence-electron chi connectivity index (χ0n) is 36.2. The summed E-state index contributed by atoms with van der Waals surface area (Å²) in [4.78, 5) is 33.6. The number of carbonyl (C=O) groups is 2. The van der Waals surface area contributed by atoms with Crippen LogP contribution in [0, 0.1) is 0 Å². The van der Waals surface area contributed by atoms with Gasteiger partial charge in [0.15, 0.2) is 0 Å². The molecule has 0 aliphatic carbocycles. The van der Waals surface area contributed by atoms with Gasteiger partial charge in [0.2, 0.25) is 0 Å². The van der Waals surface area contributed by atoms with Gasteiger partial charge in [-0.1, -0.05) is 159 Å². The molecule has 3 atom stereocenters. The lowest BCUT2D eigenvalue weighted by Gasteiger charge is -2.20. The number of phosphoric acid groups is 1. The van der Waals surface area contributed by atoms with Crippen molar-refractivity contribution in [2.45, 2.75) is 206 Å². The van der Waals surface area contributed by atoms with E-state index in [2.05, 4.69) is 62.5 Å². The summed E-state index contributed by atoms with van der Waals surface area (Å²) >= 11 is 0. The summed E-state index contributed by atoms with van der Waals surface area (Å²) in [5, 5.41) is 8.90. The predicted octanol–water partition coefficient (Wildman–Crippen LogP) is 12.6. The second-order valence-electron chi connectivity index (χ2n) is 15.2. The van der Waals surface area contributed by atoms with Crippen molar-refractivity contribution < 1.29 is 42.7 Å². The predicted molar refractivity (Wildman–Crippen MR) is 235 cm³/mol. The molecule has 57 heavy (non-hydrogen) atoms. The van der Waals surface area contributed by atoms with Crippen LogP contribution in [0.25, 0.3) is 0 Å². The Bertz CT molecular complexity index is 1090. The maximum atomic E-state index is 12.6. The first-order chi connectivity index (χ1) is 27.7. The molecule has 0 aliphatic rings. The van der Waals surface area contributed by atoms with Crippen LogP contribution in [0.4, 0.5) is 0 Å². The van der Waals surface area contributed by atoms with Gasteiger partial charge >= 0.3 is 19.8 Å². The number of rotatable bonds is 43. The number of phosphoric ester groups is 1. The minimum atomic E-state index is -4.62. The van der Waals surface area contributed by atoms with Gasteiger partial charge in [0.25, 0.3) is 0 Å². The Labute approximate surface area is 348 Å². The summed E-state index contributed by atoms with van der Waals surface area (Å²) in [7, 11) is -4.62. The molecule has 3 unspecified atom stereocenters. The van der Waals surface area contributed by atoms with E-state index in [-0.39, 0.29) is 13.0 Å². The normalized spacial score (nSPS) is 14.3. The first-order valence-corrected chi connectivity index (χ1v) is 24.2. The summed E-state index contributed by atoms with van der Waals surface area (Å²) in [5.41, 5.74) is 5.36. The van der Waals surface area contributed by atoms with Crippen molar-refractivity contribution in [3.05, 3.63) is 48.6 Å². The maximum Gasteiger partial charge on any atom is 0.472 e. The van der Waals surface area contributed by atoms with E-state index in [9.17, 15) is 19.0 Å². The molecular weight excluding hydrogens is 741 g/mol. The van der Waals surface area contributed by atoms with Crippen LogP contribution in [0.1, 0.15) is 194 Å². The number of nitrogens with two attached hydrogens (primary N) is 1. The zero-order valence-corrected chi connectivity index (χ0v) is 37.1. The van der Waals surface area contributed by atoms with Gasteiger partial charge in [-0.05, 0) is 77.0 Å². The molecule has 332 valence electrons. The fraction of sp³-hybridized carbons (Fsp3) is 0.783. The third-order valence-electron chi connectivity index (χ3n) is 9.58. The molecule has 0 heterocycles. The van der Waals surface area contributed by atoms with Crippen LogP contribution < -0.4 is 5.73 Å². The summed E-state index contributed by atoms with van der Waals surface area (Å²) in [6.07, 6.45) is 48.7. The highest BCUT2D eigenvalue weighted by atomic mass is 31.2. The van der Waals surface area contributed by atoms with E-state index in [1.54, 1.807) is 0 Å². The number of carboxylic acid groups (broad SMARTS) is 1. The molecule has 0 aliphatic heterocycles. The van der Waals surface area contributed by atoms with Gasteiger partial charge < -0.3 is 25.2 Å². The van der Waals surface area contributed by atoms with Gasteiger partial charge in [-0.15, -0.1) is 0 Å². The minimum absolute atomic E-state index is 0.00638. The Kier molecular flexibility index (Phi) is 40.5. The lowest BCUT2D eigenvalue weighted by atomic mass is 10.1. The monoisotopic (exact) mass is 826 g/mol. The molecule has 0 aromatic carbocycles. The fourth-order valence-corrected chi connectivity index (χ4v) is 6.79. The molecule has 0 amide bonds. The van der Waals surface area contributed by atoms with Crippen LogP contribution in [0.15, 0.2) is 48.6 Å². The largest absolute Gasteiger partial charge is 0.480 e. The SMILES string of the molecule is CCCCCC/C=C\C/C=C\CCCCCCCCCCOCC(COP(=O)(O)OCC(N)C(=O)O)OC(=O)CCCCCCC/C=C\C/C=C\CCCCCC. The Hall–Kier alpha value is -2.07. The number of esters is 1. The Morgan fingerprint density at radius 1 is 0.561 bits per heavy atom. The highest BCUT2D eigenvalue weighted by Gasteiger charge is 2.27. The summed E-state index contributed by atoms with van der Waals surface area (Å²) in [5.74, 6) is -1.80. The highest BCUT2D eigenvalue weighted by Crippen LogP contribution is 2.43. The Balaban J connectivity index is 4.25. The smallest absolute Gasteiger partial charge is 0.472 e. The average Bonchev–Trinajstić information content (AvgIpc) is 3.19. The van der Waals surface area contributed by atoms with Crippen LogP contribution >= 0.6 is 7.82 Å². The Morgan fingerprint density at radius 3 is 1.42 bits per heavy atom. The second kappa shape index (κ2) is 42.1. The van der Waals surface area contributed by atoms with Crippen molar-refractivity contribution in [1.82, 2.24) is 0 Å². The van der Waals surface area contributed by atoms with Crippen LogP contribution in [0.5, 0.6) is 0 Å². The van der Waals surface area contributed by atoms with E-state index >= 15 is 0 Å². The third kappa shape index (κ3) is 41.9. The topological polar surface area (TPSA) is 155 Å². The molecule has 0 radical (unpaired) electrons. The quantitative estimate of drug-likeness (QED) is 0.0234. The summed E-state index contributed by atoms with van der Waals surface area (Å²) < 4.78 is 33.4. The van der Waals surface area contributed by atoms with Crippen molar-refractivity contribution in [1.29, 1.82) is 0 Å². The van der Waals surface area contributed by atoms with Gasteiger partial charge in [0, 0.05) is 13.0 Å². The van der Waals surface area contributed by atoms with Crippen LogP contribution in [-0.2, 0) is 32.7 Å². The average molecular weight is 826 g/mol. The number of hydrogen-bond acceptors (Lipinski definition) is 8. The molecular formula is C46H84NO9P. The molecule has 0 aromatic rings. The molecule has 0 spiro atoms. The lowest BCUT2D eigenvalue weighted by Crippen LogP contribution is -2.34. The zero-order chi connectivity index (χ0) is 41.9. The number of carboxylic acids is 1. The summed E-state index contributed by atoms with van der Waals surface area (Å²) in [6.45, 7) is 3.82. The molecule has 4 N–H and O–H groups in total. The standard InChI is InChI=1S/C46H84NO9P/c1-3-5-7-9-11-13-15-17-19-21-22-23-25-27-29-31-33-35-37-39-53-40-43(41-54-57(51,52)55-42-44(47)46(49)50)56-45(48)38-36-34-32-30-28-26-24-20-18-16-14-12-10-8-6-4-2/h13-16,19-21,24,43-44H,3-12,17-18,22-23,25-42,47H2,1-2H3,(H,49,50)(H,51,52)/b15-13-,16-14-,21-19-,24-20-. The lowest BCUT2D eigenvalue weighted by molar-refractivity contribution is -0.154. The molecule has 11 heteroatoms. The van der Waals surface area contributed by atoms with Crippen LogP contribution in [0.2, 0.25) is 0 Å². The van der Waals surface area contributed by atoms with Crippen molar-refractivity contribution in [3.8, 4) is 0 Å². The second-order valence-corrected chi connectivity index (χ2v) is 16.6. The number of allylic oxidation sites excluding steroid dienone is 8. The van der Waals surface area contributed by atoms with E-state index < -0.39 is 45.1 Å². The number of unbranched alkanes of at least 4 members (excludes halogenated alkanes) is 21. The van der Waals surface area contributed by atoms with Gasteiger partial charge in [0.1, 0.15) is 12.1 Å². The maximum absolute atomic E-state index is 12.6. The van der Waals surface area contributed by atoms with E-state index in [1.807, 2.05) is 0 Å². The van der Waals surface area contributed by atoms with E-state index in [0.717, 1.165) is 70.6 Å². The van der Waals surface area contributed by atoms with Gasteiger partial charge in [-0.2, -0.15) is 0 Å². The van der Waals surface area contributed by atoms with Crippen molar-refractivity contribution in [3.63, 3.8) is 0 Å². The Morgan fingerprint density at radius 2 is 0.965 bits per heavy atom. The van der Waals surface area contributed by atoms with E-state index in [0.29, 0.717) is 13.0 Å². The van der Waals surface area contributed by atoms with Crippen molar-refractivity contribution >= 4 is 19.8 Å². The van der Waals surface area contributed by atoms with Crippen molar-refractivity contribution in [2.75, 3.05) is 26.4 Å². The first kappa shape index (κ1) is 54.9. The van der Waals surface area contributed by atoms with E-state index in [1.165, 1.54) is 96.3 Å². The molecule has 0 fully saturated rings. The molecule has 0 aromatic heterocycles. The third-order valence-corrected chi connectivity index (χ3v) is 10.5. The van der Waals surface area contributed by atoms with Crippen molar-refractivity contribution in [2.24, 2.45) is 5.73 Å². The fourth-order valence-electron chi connectivity index (χ4n) is 6.02. The number of hydrogen-bond donors (Lipinski definition) is 3. The van der Waals surface area contributed by atoms with Crippen LogP contribution in [-0.4, -0.2) is 60.5 Å². The molecule has 10 nitrogen and oxygen atoms in total. The summed E-state index contributed by atoms with van der Waals surface area (Å²) in [6, 6.07) is -1.48. The molecule has 0 saturated heterocycles. The van der Waals surface area contributed by atoms with Gasteiger partial charge in [-0.25, -0.2) is 4.57 Å².